The van der Waals surface area contributed by atoms with Gasteiger partial charge in [-0.1, -0.05) is 12.1 Å². The molecular weight excluding hydrogens is 290 g/mol. The number of aliphatic hydroxyl groups excluding tert-OH is 1. The van der Waals surface area contributed by atoms with Crippen molar-refractivity contribution in [3.05, 3.63) is 54.4 Å². The molecular formula is C18H21N3O2. The lowest BCUT2D eigenvalue weighted by Gasteiger charge is -2.34. The topological polar surface area (TPSA) is 65.5 Å². The highest BCUT2D eigenvalue weighted by Gasteiger charge is 2.21. The van der Waals surface area contributed by atoms with E-state index < -0.39 is 0 Å². The van der Waals surface area contributed by atoms with Gasteiger partial charge in [-0.15, -0.1) is 0 Å². The lowest BCUT2D eigenvalue weighted by atomic mass is 9.97. The van der Waals surface area contributed by atoms with Crippen LogP contribution in [0.2, 0.25) is 0 Å². The van der Waals surface area contributed by atoms with E-state index in [0.29, 0.717) is 11.5 Å². The molecule has 0 atom stereocenters. The minimum Gasteiger partial charge on any atom is -0.396 e. The van der Waals surface area contributed by atoms with E-state index in [1.165, 1.54) is 0 Å². The average Bonchev–Trinajstić information content (AvgIpc) is 2.63. The highest BCUT2D eigenvalue weighted by atomic mass is 16.3. The Kier molecular flexibility index (Phi) is 4.88. The van der Waals surface area contributed by atoms with Crippen molar-refractivity contribution < 1.29 is 9.90 Å². The number of hydrogen-bond acceptors (Lipinski definition) is 4. The lowest BCUT2D eigenvalue weighted by molar-refractivity contribution is 0.102. The minimum atomic E-state index is -0.157. The molecule has 2 heterocycles. The maximum absolute atomic E-state index is 12.3. The van der Waals surface area contributed by atoms with Crippen LogP contribution in [0, 0.1) is 5.92 Å². The van der Waals surface area contributed by atoms with Gasteiger partial charge in [0, 0.05) is 32.1 Å². The van der Waals surface area contributed by atoms with Gasteiger partial charge in [-0.05, 0) is 43.0 Å². The Morgan fingerprint density at radius 3 is 2.70 bits per heavy atom. The van der Waals surface area contributed by atoms with Gasteiger partial charge in [0.1, 0.15) is 0 Å². The van der Waals surface area contributed by atoms with E-state index in [2.05, 4.69) is 15.2 Å². The molecule has 5 heteroatoms. The number of carbonyl (C=O) groups is 1. The zero-order chi connectivity index (χ0) is 16.1. The van der Waals surface area contributed by atoms with E-state index in [-0.39, 0.29) is 12.5 Å². The number of para-hydroxylation sites is 2. The average molecular weight is 311 g/mol. The number of amides is 1. The largest absolute Gasteiger partial charge is 0.396 e. The molecule has 0 spiro atoms. The molecule has 1 amide bonds. The Bertz CT molecular complexity index is 652. The van der Waals surface area contributed by atoms with Gasteiger partial charge in [-0.3, -0.25) is 9.78 Å². The van der Waals surface area contributed by atoms with Crippen LogP contribution >= 0.6 is 0 Å². The van der Waals surface area contributed by atoms with Crippen LogP contribution in [-0.4, -0.2) is 35.7 Å². The molecule has 1 fully saturated rings. The van der Waals surface area contributed by atoms with Crippen LogP contribution in [0.25, 0.3) is 0 Å². The molecule has 1 aromatic heterocycles. The van der Waals surface area contributed by atoms with Crippen LogP contribution < -0.4 is 10.2 Å². The second-order valence-corrected chi connectivity index (χ2v) is 5.83. The molecule has 23 heavy (non-hydrogen) atoms. The van der Waals surface area contributed by atoms with E-state index >= 15 is 0 Å². The molecule has 5 nitrogen and oxygen atoms in total. The monoisotopic (exact) mass is 311 g/mol. The summed E-state index contributed by atoms with van der Waals surface area (Å²) < 4.78 is 0. The number of benzene rings is 1. The van der Waals surface area contributed by atoms with Crippen molar-refractivity contribution in [2.24, 2.45) is 5.92 Å². The predicted molar refractivity (Wildman–Crippen MR) is 90.7 cm³/mol. The number of anilines is 2. The fraction of sp³-hybridized carbons (Fsp3) is 0.333. The zero-order valence-corrected chi connectivity index (χ0v) is 13.0. The molecule has 120 valence electrons. The molecule has 1 aliphatic heterocycles. The summed E-state index contributed by atoms with van der Waals surface area (Å²) in [6.07, 6.45) is 5.16. The van der Waals surface area contributed by atoms with Crippen molar-refractivity contribution in [1.29, 1.82) is 0 Å². The van der Waals surface area contributed by atoms with Gasteiger partial charge in [-0.25, -0.2) is 0 Å². The Balaban J connectivity index is 1.75. The normalized spacial score (nSPS) is 15.4. The van der Waals surface area contributed by atoms with Crippen molar-refractivity contribution in [3.8, 4) is 0 Å². The first-order valence-electron chi connectivity index (χ1n) is 7.94. The molecule has 3 rings (SSSR count). The Labute approximate surface area is 136 Å². The summed E-state index contributed by atoms with van der Waals surface area (Å²) in [5.41, 5.74) is 2.38. The van der Waals surface area contributed by atoms with Crippen molar-refractivity contribution in [1.82, 2.24) is 4.98 Å². The van der Waals surface area contributed by atoms with E-state index in [1.54, 1.807) is 24.5 Å². The number of aromatic nitrogens is 1. The van der Waals surface area contributed by atoms with Gasteiger partial charge < -0.3 is 15.3 Å². The summed E-state index contributed by atoms with van der Waals surface area (Å²) >= 11 is 0. The number of nitrogens with one attached hydrogen (secondary N) is 1. The third-order valence-corrected chi connectivity index (χ3v) is 4.29. The van der Waals surface area contributed by atoms with E-state index in [1.807, 2.05) is 24.3 Å². The quantitative estimate of drug-likeness (QED) is 0.911. The van der Waals surface area contributed by atoms with Crippen molar-refractivity contribution >= 4 is 17.3 Å². The third kappa shape index (κ3) is 3.68. The van der Waals surface area contributed by atoms with E-state index in [9.17, 15) is 9.90 Å². The fourth-order valence-electron chi connectivity index (χ4n) is 2.90. The molecule has 1 aliphatic rings. The summed E-state index contributed by atoms with van der Waals surface area (Å²) in [5.74, 6) is 0.235. The van der Waals surface area contributed by atoms with Crippen LogP contribution in [0.3, 0.4) is 0 Å². The molecule has 0 saturated carbocycles. The number of piperidine rings is 1. The maximum Gasteiger partial charge on any atom is 0.257 e. The smallest absolute Gasteiger partial charge is 0.257 e. The summed E-state index contributed by atoms with van der Waals surface area (Å²) in [6, 6.07) is 11.3. The second-order valence-electron chi connectivity index (χ2n) is 5.83. The number of pyridine rings is 1. The number of hydrogen-bond donors (Lipinski definition) is 2. The number of carbonyl (C=O) groups excluding carboxylic acids is 1. The first kappa shape index (κ1) is 15.5. The van der Waals surface area contributed by atoms with Crippen molar-refractivity contribution in [2.75, 3.05) is 29.9 Å². The number of aliphatic hydroxyl groups is 1. The fourth-order valence-corrected chi connectivity index (χ4v) is 2.90. The summed E-state index contributed by atoms with van der Waals surface area (Å²) in [4.78, 5) is 18.6. The lowest BCUT2D eigenvalue weighted by Crippen LogP contribution is -2.35. The molecule has 0 aliphatic carbocycles. The van der Waals surface area contributed by atoms with Crippen LogP contribution in [0.1, 0.15) is 23.2 Å². The first-order valence-corrected chi connectivity index (χ1v) is 7.94. The third-order valence-electron chi connectivity index (χ3n) is 4.29. The molecule has 1 aromatic carbocycles. The predicted octanol–water partition coefficient (Wildman–Crippen LogP) is 2.54. The molecule has 2 aromatic rings. The van der Waals surface area contributed by atoms with Crippen molar-refractivity contribution in [3.63, 3.8) is 0 Å². The Hall–Kier alpha value is -2.40. The van der Waals surface area contributed by atoms with Crippen LogP contribution in [0.5, 0.6) is 0 Å². The van der Waals surface area contributed by atoms with Gasteiger partial charge in [0.05, 0.1) is 16.9 Å². The minimum absolute atomic E-state index is 0.157. The Morgan fingerprint density at radius 1 is 1.22 bits per heavy atom. The van der Waals surface area contributed by atoms with E-state index in [0.717, 1.165) is 37.3 Å². The van der Waals surface area contributed by atoms with Gasteiger partial charge in [0.2, 0.25) is 0 Å². The van der Waals surface area contributed by atoms with Gasteiger partial charge in [-0.2, -0.15) is 0 Å². The van der Waals surface area contributed by atoms with E-state index in [4.69, 9.17) is 0 Å². The highest BCUT2D eigenvalue weighted by Crippen LogP contribution is 2.30. The van der Waals surface area contributed by atoms with Gasteiger partial charge in [0.15, 0.2) is 0 Å². The summed E-state index contributed by atoms with van der Waals surface area (Å²) in [6.45, 7) is 2.04. The SMILES string of the molecule is O=C(Nc1ccccc1N1CCC(CO)CC1)c1cccnc1. The molecule has 1 saturated heterocycles. The molecule has 2 N–H and O–H groups in total. The maximum atomic E-state index is 12.3. The molecule has 0 unspecified atom stereocenters. The zero-order valence-electron chi connectivity index (χ0n) is 13.0. The second kappa shape index (κ2) is 7.24. The van der Waals surface area contributed by atoms with Crippen LogP contribution in [0.4, 0.5) is 11.4 Å². The molecule has 0 radical (unpaired) electrons. The van der Waals surface area contributed by atoms with Gasteiger partial charge in [0.25, 0.3) is 5.91 Å². The number of rotatable bonds is 4. The standard InChI is InChI=1S/C18H21N3O2/c22-13-14-7-10-21(11-8-14)17-6-2-1-5-16(17)20-18(23)15-4-3-9-19-12-15/h1-6,9,12,14,22H,7-8,10-11,13H2,(H,20,23). The summed E-state index contributed by atoms with van der Waals surface area (Å²) in [7, 11) is 0. The summed E-state index contributed by atoms with van der Waals surface area (Å²) in [5, 5.41) is 12.2. The van der Waals surface area contributed by atoms with Crippen LogP contribution in [-0.2, 0) is 0 Å². The van der Waals surface area contributed by atoms with Crippen LogP contribution in [0.15, 0.2) is 48.8 Å². The van der Waals surface area contributed by atoms with Crippen molar-refractivity contribution in [2.45, 2.75) is 12.8 Å². The van der Waals surface area contributed by atoms with Gasteiger partial charge >= 0.3 is 0 Å². The highest BCUT2D eigenvalue weighted by molar-refractivity contribution is 6.05. The molecule has 0 bridgehead atoms. The first-order chi connectivity index (χ1) is 11.3. The number of nitrogens with zero attached hydrogens (tertiary/aromatic N) is 2. The Morgan fingerprint density at radius 2 is 2.00 bits per heavy atom.